The molecule has 0 radical (unpaired) electrons. The van der Waals surface area contributed by atoms with E-state index in [-0.39, 0.29) is 18.1 Å². The second-order valence-electron chi connectivity index (χ2n) is 5.81. The van der Waals surface area contributed by atoms with Crippen LogP contribution in [-0.4, -0.2) is 18.6 Å². The maximum atomic E-state index is 12.0. The molecule has 1 aromatic carbocycles. The highest BCUT2D eigenvalue weighted by molar-refractivity contribution is 6.30. The highest BCUT2D eigenvalue weighted by atomic mass is 35.5. The number of benzene rings is 1. The van der Waals surface area contributed by atoms with Crippen LogP contribution in [0.5, 0.6) is 0 Å². The molecule has 1 aliphatic heterocycles. The Kier molecular flexibility index (Phi) is 4.27. The average molecular weight is 294 g/mol. The number of rotatable bonds is 4. The molecule has 1 aliphatic carbocycles. The highest BCUT2D eigenvalue weighted by Crippen LogP contribution is 2.32. The molecule has 1 amide bonds. The maximum absolute atomic E-state index is 12.0. The third-order valence-electron chi connectivity index (χ3n) is 4.34. The number of halogens is 1. The molecule has 20 heavy (non-hydrogen) atoms. The lowest BCUT2D eigenvalue weighted by Gasteiger charge is -2.26. The van der Waals surface area contributed by atoms with Crippen LogP contribution in [0.2, 0.25) is 5.02 Å². The molecule has 1 N–H and O–H groups in total. The molecule has 0 spiro atoms. The Labute approximate surface area is 124 Å². The number of carbonyl (C=O) groups excluding carboxylic acids is 1. The molecule has 2 fully saturated rings. The Hall–Kier alpha value is -1.06. The highest BCUT2D eigenvalue weighted by Gasteiger charge is 2.31. The van der Waals surface area contributed by atoms with Gasteiger partial charge in [0.15, 0.2) is 0 Å². The number of amides is 1. The van der Waals surface area contributed by atoms with Gasteiger partial charge in [0.1, 0.15) is 6.10 Å². The summed E-state index contributed by atoms with van der Waals surface area (Å²) in [5, 5.41) is 3.86. The standard InChI is InChI=1S/C16H20ClNO2/c17-13-6-4-12(5-7-13)16-14(8-9-20-16)18-15(19)10-11-2-1-3-11/h4-7,11,14,16H,1-3,8-10H2,(H,18,19)/t14-,16+/m1/s1. The number of hydrogen-bond donors (Lipinski definition) is 1. The van der Waals surface area contributed by atoms with Gasteiger partial charge in [0.25, 0.3) is 0 Å². The van der Waals surface area contributed by atoms with Gasteiger partial charge in [0, 0.05) is 18.1 Å². The van der Waals surface area contributed by atoms with E-state index in [2.05, 4.69) is 5.32 Å². The van der Waals surface area contributed by atoms with Gasteiger partial charge in [-0.25, -0.2) is 0 Å². The molecule has 3 rings (SSSR count). The maximum Gasteiger partial charge on any atom is 0.220 e. The molecule has 0 aromatic heterocycles. The van der Waals surface area contributed by atoms with E-state index in [1.165, 1.54) is 19.3 Å². The normalized spacial score (nSPS) is 26.2. The first-order chi connectivity index (χ1) is 9.72. The van der Waals surface area contributed by atoms with Crippen LogP contribution in [0.3, 0.4) is 0 Å². The molecule has 1 aromatic rings. The summed E-state index contributed by atoms with van der Waals surface area (Å²) < 4.78 is 5.78. The van der Waals surface area contributed by atoms with Gasteiger partial charge in [-0.15, -0.1) is 0 Å². The van der Waals surface area contributed by atoms with E-state index in [0.717, 1.165) is 17.0 Å². The van der Waals surface area contributed by atoms with Gasteiger partial charge in [-0.1, -0.05) is 30.2 Å². The van der Waals surface area contributed by atoms with Gasteiger partial charge >= 0.3 is 0 Å². The molecule has 1 saturated carbocycles. The number of ether oxygens (including phenoxy) is 1. The van der Waals surface area contributed by atoms with Crippen LogP contribution in [0.1, 0.15) is 43.8 Å². The summed E-state index contributed by atoms with van der Waals surface area (Å²) in [4.78, 5) is 12.0. The largest absolute Gasteiger partial charge is 0.371 e. The molecule has 1 saturated heterocycles. The van der Waals surface area contributed by atoms with Crippen LogP contribution < -0.4 is 5.32 Å². The lowest BCUT2D eigenvalue weighted by atomic mass is 9.83. The fourth-order valence-electron chi connectivity index (χ4n) is 2.94. The zero-order valence-electron chi connectivity index (χ0n) is 11.5. The van der Waals surface area contributed by atoms with E-state index in [0.29, 0.717) is 18.9 Å². The zero-order chi connectivity index (χ0) is 13.9. The first kappa shape index (κ1) is 13.9. The Bertz CT molecular complexity index is 470. The predicted octanol–water partition coefficient (Wildman–Crippen LogP) is 3.48. The SMILES string of the molecule is O=C(CC1CCC1)N[C@@H]1CCO[C@H]1c1ccc(Cl)cc1. The smallest absolute Gasteiger partial charge is 0.220 e. The Morgan fingerprint density at radius 3 is 2.65 bits per heavy atom. The lowest BCUT2D eigenvalue weighted by molar-refractivity contribution is -0.123. The van der Waals surface area contributed by atoms with E-state index in [9.17, 15) is 4.79 Å². The van der Waals surface area contributed by atoms with Crippen molar-refractivity contribution in [2.75, 3.05) is 6.61 Å². The van der Waals surface area contributed by atoms with Crippen molar-refractivity contribution in [3.05, 3.63) is 34.9 Å². The molecule has 0 unspecified atom stereocenters. The summed E-state index contributed by atoms with van der Waals surface area (Å²) in [7, 11) is 0. The molecule has 108 valence electrons. The molecular weight excluding hydrogens is 274 g/mol. The van der Waals surface area contributed by atoms with Gasteiger partial charge in [0.05, 0.1) is 6.04 Å². The third kappa shape index (κ3) is 3.15. The van der Waals surface area contributed by atoms with Crippen molar-refractivity contribution in [1.82, 2.24) is 5.32 Å². The first-order valence-corrected chi connectivity index (χ1v) is 7.76. The summed E-state index contributed by atoms with van der Waals surface area (Å²) in [6, 6.07) is 7.77. The third-order valence-corrected chi connectivity index (χ3v) is 4.59. The molecule has 1 heterocycles. The minimum Gasteiger partial charge on any atom is -0.371 e. The molecule has 4 heteroatoms. The molecule has 0 bridgehead atoms. The van der Waals surface area contributed by atoms with Gasteiger partial charge in [-0.3, -0.25) is 4.79 Å². The summed E-state index contributed by atoms with van der Waals surface area (Å²) in [5.41, 5.74) is 1.08. The van der Waals surface area contributed by atoms with Crippen LogP contribution in [0.15, 0.2) is 24.3 Å². The molecular formula is C16H20ClNO2. The fraction of sp³-hybridized carbons (Fsp3) is 0.562. The second-order valence-corrected chi connectivity index (χ2v) is 6.24. The van der Waals surface area contributed by atoms with Gasteiger partial charge in [-0.2, -0.15) is 0 Å². The number of nitrogens with one attached hydrogen (secondary N) is 1. The summed E-state index contributed by atoms with van der Waals surface area (Å²) in [6.07, 6.45) is 5.19. The zero-order valence-corrected chi connectivity index (χ0v) is 12.2. The monoisotopic (exact) mass is 293 g/mol. The van der Waals surface area contributed by atoms with E-state index < -0.39 is 0 Å². The molecule has 2 atom stereocenters. The topological polar surface area (TPSA) is 38.3 Å². The molecule has 3 nitrogen and oxygen atoms in total. The van der Waals surface area contributed by atoms with E-state index in [4.69, 9.17) is 16.3 Å². The quantitative estimate of drug-likeness (QED) is 0.923. The minimum atomic E-state index is -0.0439. The van der Waals surface area contributed by atoms with Crippen LogP contribution in [0.25, 0.3) is 0 Å². The summed E-state index contributed by atoms with van der Waals surface area (Å²) in [5.74, 6) is 0.774. The van der Waals surface area contributed by atoms with Crippen molar-refractivity contribution < 1.29 is 9.53 Å². The van der Waals surface area contributed by atoms with E-state index in [1.54, 1.807) is 0 Å². The Morgan fingerprint density at radius 1 is 1.25 bits per heavy atom. The minimum absolute atomic E-state index is 0.0439. The van der Waals surface area contributed by atoms with Crippen LogP contribution in [0.4, 0.5) is 0 Å². The fourth-order valence-corrected chi connectivity index (χ4v) is 3.07. The Morgan fingerprint density at radius 2 is 2.00 bits per heavy atom. The van der Waals surface area contributed by atoms with Crippen molar-refractivity contribution in [1.29, 1.82) is 0 Å². The molecule has 2 aliphatic rings. The van der Waals surface area contributed by atoms with Gasteiger partial charge in [-0.05, 0) is 42.9 Å². The predicted molar refractivity (Wildman–Crippen MR) is 78.7 cm³/mol. The summed E-state index contributed by atoms with van der Waals surface area (Å²) in [6.45, 7) is 0.696. The van der Waals surface area contributed by atoms with Crippen LogP contribution in [0, 0.1) is 5.92 Å². The van der Waals surface area contributed by atoms with Crippen LogP contribution in [-0.2, 0) is 9.53 Å². The van der Waals surface area contributed by atoms with Gasteiger partial charge in [0.2, 0.25) is 5.91 Å². The van der Waals surface area contributed by atoms with Crippen molar-refractivity contribution in [3.63, 3.8) is 0 Å². The van der Waals surface area contributed by atoms with Crippen molar-refractivity contribution >= 4 is 17.5 Å². The average Bonchev–Trinajstić information content (AvgIpc) is 2.83. The van der Waals surface area contributed by atoms with Crippen molar-refractivity contribution in [3.8, 4) is 0 Å². The van der Waals surface area contributed by atoms with Crippen LogP contribution >= 0.6 is 11.6 Å². The second kappa shape index (κ2) is 6.15. The van der Waals surface area contributed by atoms with E-state index >= 15 is 0 Å². The summed E-state index contributed by atoms with van der Waals surface area (Å²) >= 11 is 5.91. The Balaban J connectivity index is 1.60. The first-order valence-electron chi connectivity index (χ1n) is 7.39. The van der Waals surface area contributed by atoms with Crippen molar-refractivity contribution in [2.45, 2.75) is 44.2 Å². The number of carbonyl (C=O) groups is 1. The van der Waals surface area contributed by atoms with Gasteiger partial charge < -0.3 is 10.1 Å². The van der Waals surface area contributed by atoms with E-state index in [1.807, 2.05) is 24.3 Å². The lowest BCUT2D eigenvalue weighted by Crippen LogP contribution is -2.38. The number of hydrogen-bond acceptors (Lipinski definition) is 2. The van der Waals surface area contributed by atoms with Crippen molar-refractivity contribution in [2.24, 2.45) is 5.92 Å².